The number of aromatic nitrogens is 2. The van der Waals surface area contributed by atoms with Gasteiger partial charge in [-0.25, -0.2) is 4.98 Å². The number of hydrogen-bond donors (Lipinski definition) is 1. The Kier molecular flexibility index (Phi) is 4.77. The Labute approximate surface area is 125 Å². The maximum absolute atomic E-state index is 12.8. The Morgan fingerprint density at radius 2 is 2.10 bits per heavy atom. The fourth-order valence-corrected chi connectivity index (χ4v) is 2.09. The molecule has 0 spiro atoms. The van der Waals surface area contributed by atoms with Gasteiger partial charge in [0.15, 0.2) is 0 Å². The number of alkyl halides is 3. The third kappa shape index (κ3) is 3.69. The molecule has 0 aliphatic rings. The molecule has 21 heavy (non-hydrogen) atoms. The van der Waals surface area contributed by atoms with Crippen molar-refractivity contribution >= 4 is 17.5 Å². The van der Waals surface area contributed by atoms with Crippen LogP contribution in [0.15, 0.2) is 30.6 Å². The molecular weight excluding hydrogens is 303 g/mol. The van der Waals surface area contributed by atoms with Crippen molar-refractivity contribution in [2.75, 3.05) is 11.9 Å². The van der Waals surface area contributed by atoms with E-state index in [1.54, 1.807) is 6.20 Å². The van der Waals surface area contributed by atoms with Crippen molar-refractivity contribution in [2.45, 2.75) is 25.9 Å². The number of nitrogens with zero attached hydrogens (tertiary/aromatic N) is 2. The van der Waals surface area contributed by atoms with Crippen LogP contribution in [0.25, 0.3) is 5.69 Å². The maximum Gasteiger partial charge on any atom is 0.416 e. The molecule has 2 aromatic rings. The second-order valence-electron chi connectivity index (χ2n) is 4.57. The minimum Gasteiger partial charge on any atom is -0.355 e. The lowest BCUT2D eigenvalue weighted by Crippen LogP contribution is -2.10. The minimum absolute atomic E-state index is 0.236. The molecule has 0 fully saturated rings. The second kappa shape index (κ2) is 6.39. The van der Waals surface area contributed by atoms with Crippen molar-refractivity contribution in [3.63, 3.8) is 0 Å². The van der Waals surface area contributed by atoms with Crippen LogP contribution in [0.3, 0.4) is 0 Å². The van der Waals surface area contributed by atoms with Crippen molar-refractivity contribution in [1.82, 2.24) is 9.55 Å². The number of benzene rings is 1. The highest BCUT2D eigenvalue weighted by Crippen LogP contribution is 2.33. The van der Waals surface area contributed by atoms with Gasteiger partial charge < -0.3 is 5.32 Å². The van der Waals surface area contributed by atoms with Crippen LogP contribution in [0.5, 0.6) is 0 Å². The number of halogens is 4. The van der Waals surface area contributed by atoms with Gasteiger partial charge in [0, 0.05) is 18.9 Å². The minimum atomic E-state index is -4.41. The van der Waals surface area contributed by atoms with E-state index in [0.29, 0.717) is 12.5 Å². The van der Waals surface area contributed by atoms with Crippen molar-refractivity contribution in [2.24, 2.45) is 0 Å². The Morgan fingerprint density at radius 3 is 2.76 bits per heavy atom. The highest BCUT2D eigenvalue weighted by Gasteiger charge is 2.31. The summed E-state index contributed by atoms with van der Waals surface area (Å²) in [6.07, 6.45) is 0.650. The van der Waals surface area contributed by atoms with Gasteiger partial charge >= 0.3 is 6.18 Å². The molecule has 3 nitrogen and oxygen atoms in total. The van der Waals surface area contributed by atoms with Gasteiger partial charge in [0.1, 0.15) is 0 Å². The fraction of sp³-hybridized carbons (Fsp3) is 0.357. The molecule has 0 saturated heterocycles. The van der Waals surface area contributed by atoms with Crippen LogP contribution in [0.4, 0.5) is 19.1 Å². The van der Waals surface area contributed by atoms with Crippen molar-refractivity contribution < 1.29 is 13.2 Å². The van der Waals surface area contributed by atoms with E-state index >= 15 is 0 Å². The molecule has 0 bridgehead atoms. The molecule has 1 N–H and O–H groups in total. The van der Waals surface area contributed by atoms with E-state index in [1.165, 1.54) is 16.8 Å². The molecule has 0 atom stereocenters. The summed E-state index contributed by atoms with van der Waals surface area (Å²) in [6.45, 7) is 2.75. The molecular formula is C14H15ClF3N3. The smallest absolute Gasteiger partial charge is 0.355 e. The SMILES string of the molecule is CCCCNc1nccn1-c1cc(C(F)(F)F)ccc1Cl. The molecule has 7 heteroatoms. The maximum atomic E-state index is 12.8. The largest absolute Gasteiger partial charge is 0.416 e. The summed E-state index contributed by atoms with van der Waals surface area (Å²) in [7, 11) is 0. The zero-order valence-corrected chi connectivity index (χ0v) is 12.2. The van der Waals surface area contributed by atoms with E-state index in [-0.39, 0.29) is 10.7 Å². The van der Waals surface area contributed by atoms with Gasteiger partial charge in [0.2, 0.25) is 5.95 Å². The summed E-state index contributed by atoms with van der Waals surface area (Å²) in [5.74, 6) is 0.477. The van der Waals surface area contributed by atoms with Crippen LogP contribution in [0.1, 0.15) is 25.3 Å². The third-order valence-electron chi connectivity index (χ3n) is 2.99. The third-order valence-corrected chi connectivity index (χ3v) is 3.31. The lowest BCUT2D eigenvalue weighted by molar-refractivity contribution is -0.137. The first kappa shape index (κ1) is 15.7. The monoisotopic (exact) mass is 317 g/mol. The van der Waals surface area contributed by atoms with Crippen LogP contribution >= 0.6 is 11.6 Å². The topological polar surface area (TPSA) is 29.9 Å². The van der Waals surface area contributed by atoms with Crippen molar-refractivity contribution in [1.29, 1.82) is 0 Å². The molecule has 1 heterocycles. The van der Waals surface area contributed by atoms with Crippen LogP contribution in [0.2, 0.25) is 5.02 Å². The predicted octanol–water partition coefficient (Wildman–Crippen LogP) is 4.76. The van der Waals surface area contributed by atoms with Crippen molar-refractivity contribution in [3.05, 3.63) is 41.2 Å². The summed E-state index contributed by atoms with van der Waals surface area (Å²) in [4.78, 5) is 4.11. The fourth-order valence-electron chi connectivity index (χ4n) is 1.88. The first-order valence-electron chi connectivity index (χ1n) is 6.58. The standard InChI is InChI=1S/C14H15ClF3N3/c1-2-3-6-19-13-20-7-8-21(13)12-9-10(14(16,17)18)4-5-11(12)15/h4-5,7-9H,2-3,6H2,1H3,(H,19,20). The average molecular weight is 318 g/mol. The van der Waals surface area contributed by atoms with Gasteiger partial charge in [0.25, 0.3) is 0 Å². The van der Waals surface area contributed by atoms with Gasteiger partial charge in [-0.15, -0.1) is 0 Å². The molecule has 1 aromatic carbocycles. The lowest BCUT2D eigenvalue weighted by Gasteiger charge is -2.14. The summed E-state index contributed by atoms with van der Waals surface area (Å²) in [6, 6.07) is 3.23. The molecule has 1 aromatic heterocycles. The zero-order valence-electron chi connectivity index (χ0n) is 11.4. The van der Waals surface area contributed by atoms with Crippen molar-refractivity contribution in [3.8, 4) is 5.69 Å². The summed E-state index contributed by atoms with van der Waals surface area (Å²) in [5.41, 5.74) is -0.488. The van der Waals surface area contributed by atoms with E-state index in [4.69, 9.17) is 11.6 Å². The highest BCUT2D eigenvalue weighted by molar-refractivity contribution is 6.32. The average Bonchev–Trinajstić information content (AvgIpc) is 2.86. The van der Waals surface area contributed by atoms with Gasteiger partial charge in [0.05, 0.1) is 16.3 Å². The Hall–Kier alpha value is -1.69. The normalized spacial score (nSPS) is 11.7. The molecule has 0 aliphatic heterocycles. The number of hydrogen-bond acceptors (Lipinski definition) is 2. The quantitative estimate of drug-likeness (QED) is 0.806. The molecule has 0 aliphatic carbocycles. The molecule has 0 radical (unpaired) electrons. The van der Waals surface area contributed by atoms with E-state index < -0.39 is 11.7 Å². The second-order valence-corrected chi connectivity index (χ2v) is 4.97. The molecule has 114 valence electrons. The zero-order chi connectivity index (χ0) is 15.5. The molecule has 0 amide bonds. The summed E-state index contributed by atoms with van der Waals surface area (Å²) in [5, 5.41) is 3.33. The Morgan fingerprint density at radius 1 is 1.33 bits per heavy atom. The van der Waals surface area contributed by atoms with Gasteiger partial charge in [-0.1, -0.05) is 24.9 Å². The first-order chi connectivity index (χ1) is 9.93. The Bertz CT molecular complexity index is 608. The summed E-state index contributed by atoms with van der Waals surface area (Å²) < 4.78 is 39.9. The van der Waals surface area contributed by atoms with Crippen LogP contribution < -0.4 is 5.32 Å². The Balaban J connectivity index is 2.36. The molecule has 0 saturated carbocycles. The number of anilines is 1. The van der Waals surface area contributed by atoms with Crippen LogP contribution in [-0.2, 0) is 6.18 Å². The number of imidazole rings is 1. The van der Waals surface area contributed by atoms with E-state index in [9.17, 15) is 13.2 Å². The highest BCUT2D eigenvalue weighted by atomic mass is 35.5. The van der Waals surface area contributed by atoms with Crippen LogP contribution in [0, 0.1) is 0 Å². The van der Waals surface area contributed by atoms with E-state index in [2.05, 4.69) is 17.2 Å². The number of unbranched alkanes of at least 4 members (excludes halogenated alkanes) is 1. The molecule has 2 rings (SSSR count). The predicted molar refractivity (Wildman–Crippen MR) is 77.0 cm³/mol. The molecule has 0 unspecified atom stereocenters. The van der Waals surface area contributed by atoms with Gasteiger partial charge in [-0.05, 0) is 24.6 Å². The van der Waals surface area contributed by atoms with E-state index in [1.807, 2.05) is 0 Å². The van der Waals surface area contributed by atoms with Gasteiger partial charge in [-0.3, -0.25) is 4.57 Å². The first-order valence-corrected chi connectivity index (χ1v) is 6.95. The number of nitrogens with one attached hydrogen (secondary N) is 1. The number of rotatable bonds is 5. The van der Waals surface area contributed by atoms with E-state index in [0.717, 1.165) is 25.0 Å². The van der Waals surface area contributed by atoms with Gasteiger partial charge in [-0.2, -0.15) is 13.2 Å². The van der Waals surface area contributed by atoms with Crippen LogP contribution in [-0.4, -0.2) is 16.1 Å². The lowest BCUT2D eigenvalue weighted by atomic mass is 10.2. The summed E-state index contributed by atoms with van der Waals surface area (Å²) >= 11 is 6.03.